The zero-order chi connectivity index (χ0) is 13.7. The van der Waals surface area contributed by atoms with Crippen molar-refractivity contribution in [1.29, 1.82) is 0 Å². The van der Waals surface area contributed by atoms with Gasteiger partial charge in [0.15, 0.2) is 0 Å². The molecule has 4 nitrogen and oxygen atoms in total. The first-order chi connectivity index (χ1) is 9.18. The highest BCUT2D eigenvalue weighted by Crippen LogP contribution is 2.17. The van der Waals surface area contributed by atoms with Crippen LogP contribution in [0.25, 0.3) is 0 Å². The Morgan fingerprint density at radius 3 is 2.05 bits per heavy atom. The topological polar surface area (TPSA) is 52.6 Å². The third-order valence-corrected chi connectivity index (χ3v) is 2.99. The van der Waals surface area contributed by atoms with E-state index >= 15 is 0 Å². The molecule has 0 radical (unpaired) electrons. The van der Waals surface area contributed by atoms with Crippen molar-refractivity contribution in [3.63, 3.8) is 0 Å². The highest BCUT2D eigenvalue weighted by atomic mass is 79.9. The normalized spacial score (nSPS) is 9.74. The van der Waals surface area contributed by atoms with Gasteiger partial charge in [0.2, 0.25) is 0 Å². The van der Waals surface area contributed by atoms with Crippen LogP contribution in [0, 0.1) is 0 Å². The predicted octanol–water partition coefficient (Wildman–Crippen LogP) is 3.38. The number of hydrogen-bond acceptors (Lipinski definition) is 4. The largest absolute Gasteiger partial charge is 0.387 e. The lowest BCUT2D eigenvalue weighted by Gasteiger charge is -2.04. The second kappa shape index (κ2) is 6.15. The van der Waals surface area contributed by atoms with Gasteiger partial charge in [0.25, 0.3) is 0 Å². The summed E-state index contributed by atoms with van der Waals surface area (Å²) in [7, 11) is 0. The van der Waals surface area contributed by atoms with E-state index in [1.54, 1.807) is 54.6 Å². The standard InChI is InChI=1S/C14H9BrO4/c15-12-9-5-4-8-11(12)14(17)19-18-13(16)10-6-2-1-3-7-10/h1-9H. The summed E-state index contributed by atoms with van der Waals surface area (Å²) in [5, 5.41) is 0. The van der Waals surface area contributed by atoms with E-state index in [4.69, 9.17) is 0 Å². The summed E-state index contributed by atoms with van der Waals surface area (Å²) in [6.45, 7) is 0. The van der Waals surface area contributed by atoms with Crippen molar-refractivity contribution in [2.45, 2.75) is 0 Å². The number of hydrogen-bond donors (Lipinski definition) is 0. The molecule has 0 atom stereocenters. The van der Waals surface area contributed by atoms with Crippen molar-refractivity contribution in [3.8, 4) is 0 Å². The van der Waals surface area contributed by atoms with Gasteiger partial charge < -0.3 is 0 Å². The maximum Gasteiger partial charge on any atom is 0.387 e. The molecule has 0 fully saturated rings. The number of halogens is 1. The minimum Gasteiger partial charge on any atom is -0.242 e. The van der Waals surface area contributed by atoms with Gasteiger partial charge in [-0.15, -0.1) is 0 Å². The van der Waals surface area contributed by atoms with Gasteiger partial charge in [0.1, 0.15) is 0 Å². The Balaban J connectivity index is 1.98. The van der Waals surface area contributed by atoms with Gasteiger partial charge in [-0.3, -0.25) is 0 Å². The Bertz CT molecular complexity index is 595. The Morgan fingerprint density at radius 2 is 1.37 bits per heavy atom. The lowest BCUT2D eigenvalue weighted by Crippen LogP contribution is -2.12. The molecule has 2 aromatic carbocycles. The molecule has 5 heteroatoms. The maximum atomic E-state index is 11.7. The van der Waals surface area contributed by atoms with Crippen molar-refractivity contribution in [3.05, 3.63) is 70.2 Å². The average Bonchev–Trinajstić information content (AvgIpc) is 2.46. The molecule has 0 spiro atoms. The molecular formula is C14H9BrO4. The SMILES string of the molecule is O=C(OOC(=O)c1ccccc1Br)c1ccccc1. The molecule has 0 saturated carbocycles. The third-order valence-electron chi connectivity index (χ3n) is 2.30. The molecule has 0 heterocycles. The van der Waals surface area contributed by atoms with Crippen LogP contribution in [0.2, 0.25) is 0 Å². The first kappa shape index (κ1) is 13.3. The molecule has 96 valence electrons. The molecule has 0 aliphatic rings. The quantitative estimate of drug-likeness (QED) is 0.628. The van der Waals surface area contributed by atoms with Gasteiger partial charge in [0.05, 0.1) is 11.1 Å². The second-order valence-corrected chi connectivity index (χ2v) is 4.44. The van der Waals surface area contributed by atoms with Crippen molar-refractivity contribution < 1.29 is 19.4 Å². The van der Waals surface area contributed by atoms with Gasteiger partial charge >= 0.3 is 11.9 Å². The van der Waals surface area contributed by atoms with Crippen molar-refractivity contribution in [1.82, 2.24) is 0 Å². The Morgan fingerprint density at radius 1 is 0.789 bits per heavy atom. The summed E-state index contributed by atoms with van der Waals surface area (Å²) >= 11 is 3.21. The number of carbonyl (C=O) groups is 2. The fraction of sp³-hybridized carbons (Fsp3) is 0. The van der Waals surface area contributed by atoms with E-state index in [0.29, 0.717) is 10.0 Å². The van der Waals surface area contributed by atoms with Gasteiger partial charge in [0, 0.05) is 4.47 Å². The molecule has 2 rings (SSSR count). The Hall–Kier alpha value is -2.14. The summed E-state index contributed by atoms with van der Waals surface area (Å²) in [4.78, 5) is 32.2. The second-order valence-electron chi connectivity index (χ2n) is 3.59. The molecule has 0 saturated heterocycles. The molecule has 2 aromatic rings. The molecule has 0 aromatic heterocycles. The van der Waals surface area contributed by atoms with Gasteiger partial charge in [-0.2, -0.15) is 0 Å². The summed E-state index contributed by atoms with van der Waals surface area (Å²) in [5.41, 5.74) is 0.589. The van der Waals surface area contributed by atoms with E-state index in [1.165, 1.54) is 0 Å². The van der Waals surface area contributed by atoms with E-state index in [2.05, 4.69) is 25.7 Å². The third kappa shape index (κ3) is 3.42. The molecule has 0 bridgehead atoms. The van der Waals surface area contributed by atoms with E-state index in [0.717, 1.165) is 0 Å². The van der Waals surface area contributed by atoms with Crippen LogP contribution in [0.5, 0.6) is 0 Å². The Kier molecular flexibility index (Phi) is 4.30. The summed E-state index contributed by atoms with van der Waals surface area (Å²) < 4.78 is 0.566. The van der Waals surface area contributed by atoms with Crippen LogP contribution in [0.4, 0.5) is 0 Å². The highest BCUT2D eigenvalue weighted by molar-refractivity contribution is 9.10. The molecular weight excluding hydrogens is 312 g/mol. The van der Waals surface area contributed by atoms with Crippen molar-refractivity contribution in [2.75, 3.05) is 0 Å². The lowest BCUT2D eigenvalue weighted by atomic mass is 10.2. The Labute approximate surface area is 118 Å². The van der Waals surface area contributed by atoms with Gasteiger partial charge in [-0.05, 0) is 40.2 Å². The average molecular weight is 321 g/mol. The molecule has 0 N–H and O–H groups in total. The first-order valence-electron chi connectivity index (χ1n) is 5.41. The smallest absolute Gasteiger partial charge is 0.242 e. The first-order valence-corrected chi connectivity index (χ1v) is 6.20. The maximum absolute atomic E-state index is 11.7. The lowest BCUT2D eigenvalue weighted by molar-refractivity contribution is -0.187. The van der Waals surface area contributed by atoms with Crippen LogP contribution < -0.4 is 0 Å². The van der Waals surface area contributed by atoms with E-state index in [9.17, 15) is 9.59 Å². The van der Waals surface area contributed by atoms with Crippen LogP contribution in [0.15, 0.2) is 59.1 Å². The number of carbonyl (C=O) groups excluding carboxylic acids is 2. The van der Waals surface area contributed by atoms with Gasteiger partial charge in [-0.25, -0.2) is 19.4 Å². The molecule has 0 unspecified atom stereocenters. The van der Waals surface area contributed by atoms with E-state index in [1.807, 2.05) is 0 Å². The van der Waals surface area contributed by atoms with E-state index < -0.39 is 11.9 Å². The minimum atomic E-state index is -0.739. The van der Waals surface area contributed by atoms with Crippen LogP contribution in [-0.2, 0) is 9.78 Å². The predicted molar refractivity (Wildman–Crippen MR) is 71.4 cm³/mol. The zero-order valence-corrected chi connectivity index (χ0v) is 11.3. The molecule has 0 aliphatic heterocycles. The van der Waals surface area contributed by atoms with Crippen LogP contribution >= 0.6 is 15.9 Å². The summed E-state index contributed by atoms with van der Waals surface area (Å²) in [6.07, 6.45) is 0. The van der Waals surface area contributed by atoms with Crippen molar-refractivity contribution >= 4 is 27.9 Å². The minimum absolute atomic E-state index is 0.281. The van der Waals surface area contributed by atoms with Crippen LogP contribution in [0.1, 0.15) is 20.7 Å². The fourth-order valence-corrected chi connectivity index (χ4v) is 1.82. The zero-order valence-electron chi connectivity index (χ0n) is 9.71. The number of benzene rings is 2. The summed E-state index contributed by atoms with van der Waals surface area (Å²) in [5.74, 6) is -1.46. The summed E-state index contributed by atoms with van der Waals surface area (Å²) in [6, 6.07) is 15.0. The number of rotatable bonds is 2. The fourth-order valence-electron chi connectivity index (χ4n) is 1.37. The van der Waals surface area contributed by atoms with E-state index in [-0.39, 0.29) is 5.56 Å². The van der Waals surface area contributed by atoms with Crippen LogP contribution in [0.3, 0.4) is 0 Å². The molecule has 0 aliphatic carbocycles. The molecule has 19 heavy (non-hydrogen) atoms. The van der Waals surface area contributed by atoms with Crippen molar-refractivity contribution in [2.24, 2.45) is 0 Å². The highest BCUT2D eigenvalue weighted by Gasteiger charge is 2.15. The van der Waals surface area contributed by atoms with Crippen LogP contribution in [-0.4, -0.2) is 11.9 Å². The van der Waals surface area contributed by atoms with Gasteiger partial charge in [-0.1, -0.05) is 30.3 Å². The monoisotopic (exact) mass is 320 g/mol. The molecule has 0 amide bonds.